The van der Waals surface area contributed by atoms with Gasteiger partial charge in [0.1, 0.15) is 16.8 Å². The third kappa shape index (κ3) is 6.19. The summed E-state index contributed by atoms with van der Waals surface area (Å²) in [6.07, 6.45) is 2.14. The molecule has 35 heavy (non-hydrogen) atoms. The Hall–Kier alpha value is -4.28. The van der Waals surface area contributed by atoms with E-state index in [2.05, 4.69) is 26.7 Å². The van der Waals surface area contributed by atoms with Crippen LogP contribution in [0.4, 0.5) is 10.2 Å². The van der Waals surface area contributed by atoms with Gasteiger partial charge in [-0.3, -0.25) is 4.79 Å². The lowest BCUT2D eigenvalue weighted by Crippen LogP contribution is -2.25. The lowest BCUT2D eigenvalue weighted by Gasteiger charge is -2.14. The summed E-state index contributed by atoms with van der Waals surface area (Å²) in [6, 6.07) is 22.5. The second-order valence-corrected chi connectivity index (χ2v) is 8.12. The van der Waals surface area contributed by atoms with Crippen molar-refractivity contribution >= 4 is 23.3 Å². The molecule has 0 saturated heterocycles. The van der Waals surface area contributed by atoms with Crippen LogP contribution in [0.1, 0.15) is 27.0 Å². The molecule has 174 valence electrons. The van der Waals surface area contributed by atoms with Gasteiger partial charge in [0, 0.05) is 24.8 Å². The number of hydrogen-bond acceptors (Lipinski definition) is 5. The van der Waals surface area contributed by atoms with E-state index in [-0.39, 0.29) is 18.3 Å². The summed E-state index contributed by atoms with van der Waals surface area (Å²) in [5.41, 5.74) is 3.69. The Morgan fingerprint density at radius 3 is 2.66 bits per heavy atom. The van der Waals surface area contributed by atoms with Crippen LogP contribution in [0.15, 0.2) is 79.0 Å². The van der Waals surface area contributed by atoms with E-state index in [9.17, 15) is 14.4 Å². The fourth-order valence-corrected chi connectivity index (χ4v) is 3.65. The normalized spacial score (nSPS) is 10.4. The molecule has 4 aromatic rings. The van der Waals surface area contributed by atoms with E-state index in [4.69, 9.17) is 11.6 Å². The van der Waals surface area contributed by atoms with Crippen LogP contribution < -0.4 is 10.6 Å². The number of hydrogen-bond donors (Lipinski definition) is 2. The second kappa shape index (κ2) is 11.2. The molecule has 0 fully saturated rings. The van der Waals surface area contributed by atoms with Gasteiger partial charge in [-0.1, -0.05) is 48.0 Å². The predicted octanol–water partition coefficient (Wildman–Crippen LogP) is 5.39. The zero-order valence-corrected chi connectivity index (χ0v) is 19.4. The number of benzene rings is 2. The maximum Gasteiger partial charge on any atom is 0.255 e. The minimum Gasteiger partial charge on any atom is -0.369 e. The van der Waals surface area contributed by atoms with E-state index in [0.717, 1.165) is 11.1 Å². The van der Waals surface area contributed by atoms with Crippen LogP contribution in [0.5, 0.6) is 0 Å². The van der Waals surface area contributed by atoms with Crippen molar-refractivity contribution in [3.8, 4) is 17.3 Å². The van der Waals surface area contributed by atoms with Crippen LogP contribution in [-0.2, 0) is 13.0 Å². The van der Waals surface area contributed by atoms with Gasteiger partial charge in [-0.15, -0.1) is 0 Å². The highest BCUT2D eigenvalue weighted by Crippen LogP contribution is 2.25. The topological polar surface area (TPSA) is 90.7 Å². The molecule has 2 aromatic carbocycles. The number of amides is 1. The predicted molar refractivity (Wildman–Crippen MR) is 133 cm³/mol. The molecule has 2 aromatic heterocycles. The van der Waals surface area contributed by atoms with Crippen molar-refractivity contribution in [2.24, 2.45) is 0 Å². The Morgan fingerprint density at radius 1 is 1.03 bits per heavy atom. The molecule has 4 rings (SSSR count). The van der Waals surface area contributed by atoms with Crippen molar-refractivity contribution < 1.29 is 9.18 Å². The molecule has 0 unspecified atom stereocenters. The Bertz CT molecular complexity index is 1390. The molecule has 0 saturated carbocycles. The van der Waals surface area contributed by atoms with Gasteiger partial charge in [0.15, 0.2) is 0 Å². The summed E-state index contributed by atoms with van der Waals surface area (Å²) >= 11 is 5.82. The van der Waals surface area contributed by atoms with Crippen LogP contribution in [-0.4, -0.2) is 22.4 Å². The summed E-state index contributed by atoms with van der Waals surface area (Å²) in [6.45, 7) is 0.700. The molecule has 2 N–H and O–H groups in total. The molecular formula is C27H21ClFN5O. The van der Waals surface area contributed by atoms with Gasteiger partial charge in [-0.25, -0.2) is 14.4 Å². The standard InChI is InChI=1S/C27H21ClFN5O/c28-25-11-8-19(16-32-25)17-33-27(35)23-9-10-24(22-7-2-1-5-20(22)15-30)34-26(23)31-13-12-18-4-3-6-21(29)14-18/h1-11,14,16H,12-13,17H2,(H,31,34)(H,33,35). The van der Waals surface area contributed by atoms with Gasteiger partial charge >= 0.3 is 0 Å². The van der Waals surface area contributed by atoms with Crippen LogP contribution in [0.3, 0.4) is 0 Å². The maximum absolute atomic E-state index is 13.5. The van der Waals surface area contributed by atoms with E-state index in [0.29, 0.717) is 46.3 Å². The number of aromatic nitrogens is 2. The highest BCUT2D eigenvalue weighted by Gasteiger charge is 2.16. The van der Waals surface area contributed by atoms with Crippen LogP contribution in [0.2, 0.25) is 5.15 Å². The summed E-state index contributed by atoms with van der Waals surface area (Å²) in [4.78, 5) is 21.7. The maximum atomic E-state index is 13.5. The zero-order chi connectivity index (χ0) is 24.6. The first-order valence-corrected chi connectivity index (χ1v) is 11.3. The monoisotopic (exact) mass is 485 g/mol. The van der Waals surface area contributed by atoms with Gasteiger partial charge in [0.2, 0.25) is 0 Å². The Labute approximate surface area is 207 Å². The van der Waals surface area contributed by atoms with E-state index in [1.165, 1.54) is 12.1 Å². The molecular weight excluding hydrogens is 465 g/mol. The SMILES string of the molecule is N#Cc1ccccc1-c1ccc(C(=O)NCc2ccc(Cl)nc2)c(NCCc2cccc(F)c2)n1. The third-order valence-electron chi connectivity index (χ3n) is 5.30. The third-order valence-corrected chi connectivity index (χ3v) is 5.52. The second-order valence-electron chi connectivity index (χ2n) is 7.73. The summed E-state index contributed by atoms with van der Waals surface area (Å²) < 4.78 is 13.5. The Balaban J connectivity index is 1.57. The molecule has 0 aliphatic rings. The molecule has 1 amide bonds. The number of pyridine rings is 2. The van der Waals surface area contributed by atoms with Crippen LogP contribution in [0.25, 0.3) is 11.3 Å². The first-order chi connectivity index (χ1) is 17.0. The largest absolute Gasteiger partial charge is 0.369 e. The average Bonchev–Trinajstić information content (AvgIpc) is 2.88. The lowest BCUT2D eigenvalue weighted by molar-refractivity contribution is 0.0951. The van der Waals surface area contributed by atoms with Gasteiger partial charge in [-0.2, -0.15) is 5.26 Å². The van der Waals surface area contributed by atoms with Crippen molar-refractivity contribution in [3.05, 3.63) is 112 Å². The first kappa shape index (κ1) is 23.9. The fourth-order valence-electron chi connectivity index (χ4n) is 3.54. The Morgan fingerprint density at radius 2 is 1.89 bits per heavy atom. The molecule has 0 aliphatic heterocycles. The van der Waals surface area contributed by atoms with Crippen molar-refractivity contribution in [1.82, 2.24) is 15.3 Å². The number of carbonyl (C=O) groups is 1. The summed E-state index contributed by atoms with van der Waals surface area (Å²) in [7, 11) is 0. The molecule has 6 nitrogen and oxygen atoms in total. The molecule has 0 bridgehead atoms. The highest BCUT2D eigenvalue weighted by atomic mass is 35.5. The van der Waals surface area contributed by atoms with Crippen molar-refractivity contribution in [2.45, 2.75) is 13.0 Å². The fraction of sp³-hybridized carbons (Fsp3) is 0.111. The quantitative estimate of drug-likeness (QED) is 0.326. The van der Waals surface area contributed by atoms with E-state index < -0.39 is 0 Å². The molecule has 8 heteroatoms. The highest BCUT2D eigenvalue weighted by molar-refractivity contribution is 6.29. The smallest absolute Gasteiger partial charge is 0.255 e. The number of anilines is 1. The van der Waals surface area contributed by atoms with Gasteiger partial charge < -0.3 is 10.6 Å². The lowest BCUT2D eigenvalue weighted by atomic mass is 10.0. The number of rotatable bonds is 8. The molecule has 0 radical (unpaired) electrons. The first-order valence-electron chi connectivity index (χ1n) is 10.9. The van der Waals surface area contributed by atoms with Crippen molar-refractivity contribution in [2.75, 3.05) is 11.9 Å². The number of halogens is 2. The molecule has 2 heterocycles. The van der Waals surface area contributed by atoms with E-state index in [1.54, 1.807) is 48.7 Å². The average molecular weight is 486 g/mol. The summed E-state index contributed by atoms with van der Waals surface area (Å²) in [5.74, 6) is -0.244. The van der Waals surface area contributed by atoms with Gasteiger partial charge in [-0.05, 0) is 53.9 Å². The van der Waals surface area contributed by atoms with E-state index in [1.807, 2.05) is 18.2 Å². The van der Waals surface area contributed by atoms with Gasteiger partial charge in [0.25, 0.3) is 5.91 Å². The van der Waals surface area contributed by atoms with Crippen LogP contribution >= 0.6 is 11.6 Å². The number of carbonyl (C=O) groups excluding carboxylic acids is 1. The minimum atomic E-state index is -0.319. The molecule has 0 aliphatic carbocycles. The van der Waals surface area contributed by atoms with Crippen molar-refractivity contribution in [3.63, 3.8) is 0 Å². The van der Waals surface area contributed by atoms with Gasteiger partial charge in [0.05, 0.1) is 22.9 Å². The summed E-state index contributed by atoms with van der Waals surface area (Å²) in [5, 5.41) is 15.9. The Kier molecular flexibility index (Phi) is 7.66. The number of nitrogens with one attached hydrogen (secondary N) is 2. The minimum absolute atomic E-state index is 0.269. The number of nitriles is 1. The molecule has 0 spiro atoms. The molecule has 0 atom stereocenters. The zero-order valence-electron chi connectivity index (χ0n) is 18.6. The van der Waals surface area contributed by atoms with E-state index >= 15 is 0 Å². The number of nitrogens with zero attached hydrogens (tertiary/aromatic N) is 3. The van der Waals surface area contributed by atoms with Crippen LogP contribution in [0, 0.1) is 17.1 Å². The van der Waals surface area contributed by atoms with Crippen molar-refractivity contribution in [1.29, 1.82) is 5.26 Å².